The average Bonchev–Trinajstić information content (AvgIpc) is 1.79. The van der Waals surface area contributed by atoms with Gasteiger partial charge in [-0.3, -0.25) is 0 Å². The lowest BCUT2D eigenvalue weighted by molar-refractivity contribution is -0.228. The molecular formula is C8H13F3OSi. The first-order valence-corrected chi connectivity index (χ1v) is 7.29. The SMILES string of the molecule is CC(O)(C#C[Si](C)(C)C)C(F)(F)F. The van der Waals surface area contributed by atoms with E-state index in [1.54, 1.807) is 0 Å². The largest absolute Gasteiger partial charge is 0.428 e. The Hall–Kier alpha value is -0.473. The van der Waals surface area contributed by atoms with Gasteiger partial charge in [-0.15, -0.1) is 5.54 Å². The van der Waals surface area contributed by atoms with Crippen molar-refractivity contribution in [2.24, 2.45) is 0 Å². The van der Waals surface area contributed by atoms with Crippen LogP contribution in [-0.4, -0.2) is 25.0 Å². The van der Waals surface area contributed by atoms with Gasteiger partial charge in [-0.2, -0.15) is 13.2 Å². The third-order valence-electron chi connectivity index (χ3n) is 1.23. The summed E-state index contributed by atoms with van der Waals surface area (Å²) in [5, 5.41) is 8.94. The van der Waals surface area contributed by atoms with Crippen molar-refractivity contribution in [3.63, 3.8) is 0 Å². The maximum Gasteiger partial charge on any atom is 0.428 e. The zero-order valence-corrected chi connectivity index (χ0v) is 9.08. The van der Waals surface area contributed by atoms with Crippen LogP contribution in [0.5, 0.6) is 0 Å². The lowest BCUT2D eigenvalue weighted by atomic mass is 10.1. The van der Waals surface area contributed by atoms with E-state index in [0.717, 1.165) is 0 Å². The summed E-state index contributed by atoms with van der Waals surface area (Å²) in [6, 6.07) is 0. The standard InChI is InChI=1S/C8H13F3OSi/c1-7(12,8(9,10)11)5-6-13(2,3)4/h12H,1-4H3. The monoisotopic (exact) mass is 210 g/mol. The zero-order valence-electron chi connectivity index (χ0n) is 8.08. The van der Waals surface area contributed by atoms with E-state index in [1.807, 2.05) is 25.6 Å². The molecule has 1 nitrogen and oxygen atoms in total. The molecule has 0 amide bonds. The molecule has 0 aliphatic carbocycles. The Bertz CT molecular complexity index is 239. The maximum absolute atomic E-state index is 12.1. The molecular weight excluding hydrogens is 197 g/mol. The molecule has 1 N–H and O–H groups in total. The minimum atomic E-state index is -4.68. The molecule has 0 aromatic heterocycles. The van der Waals surface area contributed by atoms with Crippen LogP contribution in [-0.2, 0) is 0 Å². The van der Waals surface area contributed by atoms with Crippen molar-refractivity contribution in [3.05, 3.63) is 0 Å². The molecule has 13 heavy (non-hydrogen) atoms. The molecule has 0 aliphatic rings. The molecule has 0 aliphatic heterocycles. The summed E-state index contributed by atoms with van der Waals surface area (Å²) in [7, 11) is -1.87. The van der Waals surface area contributed by atoms with Gasteiger partial charge in [0.25, 0.3) is 0 Å². The molecule has 1 atom stereocenters. The number of hydrogen-bond donors (Lipinski definition) is 1. The normalized spacial score (nSPS) is 17.2. The molecule has 0 bridgehead atoms. The molecule has 0 radical (unpaired) electrons. The van der Waals surface area contributed by atoms with Gasteiger partial charge in [0.2, 0.25) is 5.60 Å². The Morgan fingerprint density at radius 2 is 1.54 bits per heavy atom. The van der Waals surface area contributed by atoms with E-state index in [4.69, 9.17) is 5.11 Å². The van der Waals surface area contributed by atoms with E-state index in [1.165, 1.54) is 0 Å². The first-order chi connectivity index (χ1) is 5.46. The topological polar surface area (TPSA) is 20.2 Å². The molecule has 76 valence electrons. The van der Waals surface area contributed by atoms with Gasteiger partial charge in [0.1, 0.15) is 8.07 Å². The van der Waals surface area contributed by atoms with Crippen LogP contribution >= 0.6 is 0 Å². The Morgan fingerprint density at radius 3 is 1.77 bits per heavy atom. The molecule has 5 heteroatoms. The maximum atomic E-state index is 12.1. The molecule has 0 rings (SSSR count). The van der Waals surface area contributed by atoms with Gasteiger partial charge in [0.05, 0.1) is 0 Å². The van der Waals surface area contributed by atoms with E-state index >= 15 is 0 Å². The highest BCUT2D eigenvalue weighted by atomic mass is 28.3. The molecule has 0 fully saturated rings. The van der Waals surface area contributed by atoms with Gasteiger partial charge in [-0.1, -0.05) is 25.6 Å². The van der Waals surface area contributed by atoms with E-state index in [2.05, 4.69) is 5.54 Å². The molecule has 0 aromatic rings. The van der Waals surface area contributed by atoms with Crippen LogP contribution in [0.25, 0.3) is 0 Å². The predicted molar refractivity (Wildman–Crippen MR) is 47.8 cm³/mol. The van der Waals surface area contributed by atoms with Crippen molar-refractivity contribution in [2.75, 3.05) is 0 Å². The van der Waals surface area contributed by atoms with Gasteiger partial charge >= 0.3 is 6.18 Å². The average molecular weight is 210 g/mol. The summed E-state index contributed by atoms with van der Waals surface area (Å²) in [4.78, 5) is 0. The number of aliphatic hydroxyl groups is 1. The van der Waals surface area contributed by atoms with Crippen molar-refractivity contribution in [1.82, 2.24) is 0 Å². The zero-order chi connectivity index (χ0) is 10.9. The minimum absolute atomic E-state index is 0.667. The van der Waals surface area contributed by atoms with Gasteiger partial charge in [-0.25, -0.2) is 0 Å². The summed E-state index contributed by atoms with van der Waals surface area (Å²) >= 11 is 0. The fourth-order valence-electron chi connectivity index (χ4n) is 0.380. The highest BCUT2D eigenvalue weighted by molar-refractivity contribution is 6.83. The van der Waals surface area contributed by atoms with Crippen LogP contribution in [0.1, 0.15) is 6.92 Å². The van der Waals surface area contributed by atoms with E-state index in [-0.39, 0.29) is 0 Å². The first kappa shape index (κ1) is 12.5. The van der Waals surface area contributed by atoms with Gasteiger partial charge in [-0.05, 0) is 6.92 Å². The predicted octanol–water partition coefficient (Wildman–Crippen LogP) is 2.18. The van der Waals surface area contributed by atoms with Crippen molar-refractivity contribution in [1.29, 1.82) is 0 Å². The third-order valence-corrected chi connectivity index (χ3v) is 2.11. The molecule has 1 unspecified atom stereocenters. The molecule has 0 saturated heterocycles. The van der Waals surface area contributed by atoms with Gasteiger partial charge < -0.3 is 5.11 Å². The lowest BCUT2D eigenvalue weighted by Gasteiger charge is -2.20. The first-order valence-electron chi connectivity index (χ1n) is 3.79. The highest BCUT2D eigenvalue weighted by Gasteiger charge is 2.49. The fourth-order valence-corrected chi connectivity index (χ4v) is 0.998. The van der Waals surface area contributed by atoms with Crippen molar-refractivity contribution < 1.29 is 18.3 Å². The van der Waals surface area contributed by atoms with E-state index in [9.17, 15) is 13.2 Å². The second-order valence-corrected chi connectivity index (χ2v) is 8.82. The lowest BCUT2D eigenvalue weighted by Crippen LogP contribution is -2.41. The van der Waals surface area contributed by atoms with Gasteiger partial charge in [0, 0.05) is 0 Å². The smallest absolute Gasteiger partial charge is 0.370 e. The number of rotatable bonds is 0. The second-order valence-electron chi connectivity index (χ2n) is 4.07. The second kappa shape index (κ2) is 3.35. The number of hydrogen-bond acceptors (Lipinski definition) is 1. The van der Waals surface area contributed by atoms with Crippen molar-refractivity contribution in [3.8, 4) is 11.5 Å². The van der Waals surface area contributed by atoms with Gasteiger partial charge in [0.15, 0.2) is 0 Å². The van der Waals surface area contributed by atoms with Crippen LogP contribution in [0.2, 0.25) is 19.6 Å². The van der Waals surface area contributed by atoms with E-state index < -0.39 is 19.9 Å². The summed E-state index contributed by atoms with van der Waals surface area (Å²) in [6.45, 7) is 6.10. The van der Waals surface area contributed by atoms with Crippen molar-refractivity contribution in [2.45, 2.75) is 38.3 Å². The Morgan fingerprint density at radius 1 is 1.15 bits per heavy atom. The third kappa shape index (κ3) is 4.34. The molecule has 0 saturated carbocycles. The van der Waals surface area contributed by atoms with Crippen LogP contribution < -0.4 is 0 Å². The summed E-state index contributed by atoms with van der Waals surface area (Å²) in [6.07, 6.45) is -4.68. The van der Waals surface area contributed by atoms with Crippen molar-refractivity contribution >= 4 is 8.07 Å². The molecule has 0 aromatic carbocycles. The van der Waals surface area contributed by atoms with E-state index in [0.29, 0.717) is 6.92 Å². The molecule has 0 heterocycles. The fraction of sp³-hybridized carbons (Fsp3) is 0.750. The Kier molecular flexibility index (Phi) is 3.23. The summed E-state index contributed by atoms with van der Waals surface area (Å²) in [5.41, 5.74) is -0.394. The minimum Gasteiger partial charge on any atom is -0.370 e. The van der Waals surface area contributed by atoms with Crippen LogP contribution in [0.4, 0.5) is 13.2 Å². The molecule has 0 spiro atoms. The quantitative estimate of drug-likeness (QED) is 0.480. The van der Waals surface area contributed by atoms with Crippen LogP contribution in [0, 0.1) is 11.5 Å². The Balaban J connectivity index is 4.77. The van der Waals surface area contributed by atoms with Crippen LogP contribution in [0.3, 0.4) is 0 Å². The summed E-state index contributed by atoms with van der Waals surface area (Å²) < 4.78 is 36.2. The number of halogens is 3. The summed E-state index contributed by atoms with van der Waals surface area (Å²) in [5.74, 6) is 1.88. The highest BCUT2D eigenvalue weighted by Crippen LogP contribution is 2.29. The Labute approximate surface area is 77.0 Å². The van der Waals surface area contributed by atoms with Crippen LogP contribution in [0.15, 0.2) is 0 Å². The number of alkyl halides is 3.